The topological polar surface area (TPSA) is 25.8 Å². The SMILES string of the molecule is Fc1ccc(-c2nnc(I)s2)cc1. The molecule has 0 bridgehead atoms. The van der Waals surface area contributed by atoms with Crippen molar-refractivity contribution in [3.05, 3.63) is 33.1 Å². The summed E-state index contributed by atoms with van der Waals surface area (Å²) in [5, 5.41) is 8.65. The Morgan fingerprint density at radius 2 is 1.85 bits per heavy atom. The molecule has 1 aromatic carbocycles. The Morgan fingerprint density at radius 1 is 1.15 bits per heavy atom. The summed E-state index contributed by atoms with van der Waals surface area (Å²) in [6.45, 7) is 0. The van der Waals surface area contributed by atoms with E-state index in [2.05, 4.69) is 32.8 Å². The lowest BCUT2D eigenvalue weighted by molar-refractivity contribution is 0.628. The molecule has 0 spiro atoms. The Morgan fingerprint density at radius 3 is 2.38 bits per heavy atom. The quantitative estimate of drug-likeness (QED) is 0.757. The maximum atomic E-state index is 12.6. The van der Waals surface area contributed by atoms with Gasteiger partial charge in [0.2, 0.25) is 0 Å². The molecule has 66 valence electrons. The van der Waals surface area contributed by atoms with Gasteiger partial charge in [-0.25, -0.2) is 4.39 Å². The van der Waals surface area contributed by atoms with Crippen LogP contribution in [0.3, 0.4) is 0 Å². The Balaban J connectivity index is 2.41. The second-order valence-electron chi connectivity index (χ2n) is 2.37. The van der Waals surface area contributed by atoms with Crippen molar-refractivity contribution >= 4 is 33.9 Å². The number of benzene rings is 1. The van der Waals surface area contributed by atoms with Crippen LogP contribution in [-0.2, 0) is 0 Å². The summed E-state index contributed by atoms with van der Waals surface area (Å²) < 4.78 is 13.5. The molecule has 2 rings (SSSR count). The van der Waals surface area contributed by atoms with Crippen LogP contribution < -0.4 is 0 Å². The maximum absolute atomic E-state index is 12.6. The van der Waals surface area contributed by atoms with E-state index < -0.39 is 0 Å². The van der Waals surface area contributed by atoms with E-state index in [0.29, 0.717) is 0 Å². The van der Waals surface area contributed by atoms with Crippen molar-refractivity contribution in [2.75, 3.05) is 0 Å². The Labute approximate surface area is 92.0 Å². The van der Waals surface area contributed by atoms with Crippen LogP contribution in [0.1, 0.15) is 0 Å². The molecular weight excluding hydrogens is 302 g/mol. The fraction of sp³-hybridized carbons (Fsp3) is 0. The third-order valence-corrected chi connectivity index (χ3v) is 3.13. The minimum absolute atomic E-state index is 0.233. The van der Waals surface area contributed by atoms with Crippen LogP contribution >= 0.6 is 33.9 Å². The molecule has 0 aliphatic carbocycles. The zero-order valence-corrected chi connectivity index (χ0v) is 9.34. The van der Waals surface area contributed by atoms with Gasteiger partial charge in [0, 0.05) is 5.56 Å². The van der Waals surface area contributed by atoms with Gasteiger partial charge in [-0.05, 0) is 46.9 Å². The summed E-state index contributed by atoms with van der Waals surface area (Å²) in [6.07, 6.45) is 0. The molecule has 0 aliphatic rings. The van der Waals surface area contributed by atoms with Gasteiger partial charge in [0.05, 0.1) is 0 Å². The first-order valence-electron chi connectivity index (χ1n) is 3.50. The van der Waals surface area contributed by atoms with Crippen molar-refractivity contribution in [1.82, 2.24) is 10.2 Å². The molecule has 2 aromatic rings. The predicted octanol–water partition coefficient (Wildman–Crippen LogP) is 2.95. The number of aromatic nitrogens is 2. The van der Waals surface area contributed by atoms with Gasteiger partial charge in [0.1, 0.15) is 10.8 Å². The summed E-state index contributed by atoms with van der Waals surface area (Å²) in [5.41, 5.74) is 0.904. The first kappa shape index (κ1) is 9.01. The lowest BCUT2D eigenvalue weighted by Gasteiger charge is -1.92. The maximum Gasteiger partial charge on any atom is 0.178 e. The molecule has 0 fully saturated rings. The van der Waals surface area contributed by atoms with Gasteiger partial charge < -0.3 is 0 Å². The van der Waals surface area contributed by atoms with E-state index in [1.165, 1.54) is 23.5 Å². The first-order chi connectivity index (χ1) is 6.25. The molecule has 1 aromatic heterocycles. The minimum Gasteiger partial charge on any atom is -0.207 e. The van der Waals surface area contributed by atoms with E-state index in [9.17, 15) is 4.39 Å². The summed E-state index contributed by atoms with van der Waals surface area (Å²) in [7, 11) is 0. The van der Waals surface area contributed by atoms with E-state index in [1.54, 1.807) is 12.1 Å². The summed E-state index contributed by atoms with van der Waals surface area (Å²) in [5.74, 6) is -0.233. The van der Waals surface area contributed by atoms with Gasteiger partial charge in [0.15, 0.2) is 3.01 Å². The molecule has 0 N–H and O–H groups in total. The molecule has 0 amide bonds. The zero-order chi connectivity index (χ0) is 9.26. The van der Waals surface area contributed by atoms with Gasteiger partial charge in [-0.2, -0.15) is 0 Å². The first-order valence-corrected chi connectivity index (χ1v) is 5.40. The molecule has 0 radical (unpaired) electrons. The minimum atomic E-state index is -0.233. The fourth-order valence-electron chi connectivity index (χ4n) is 0.914. The van der Waals surface area contributed by atoms with E-state index in [-0.39, 0.29) is 5.82 Å². The highest BCUT2D eigenvalue weighted by atomic mass is 127. The van der Waals surface area contributed by atoms with Crippen LogP contribution in [0.4, 0.5) is 4.39 Å². The van der Waals surface area contributed by atoms with Crippen molar-refractivity contribution in [3.63, 3.8) is 0 Å². The Kier molecular flexibility index (Phi) is 2.54. The largest absolute Gasteiger partial charge is 0.207 e. The van der Waals surface area contributed by atoms with Gasteiger partial charge in [-0.15, -0.1) is 10.2 Å². The van der Waals surface area contributed by atoms with Crippen LogP contribution in [0.15, 0.2) is 24.3 Å². The monoisotopic (exact) mass is 306 g/mol. The van der Waals surface area contributed by atoms with Crippen LogP contribution in [0.25, 0.3) is 10.6 Å². The molecule has 1 heterocycles. The smallest absolute Gasteiger partial charge is 0.178 e. The number of nitrogens with zero attached hydrogens (tertiary/aromatic N) is 2. The average molecular weight is 306 g/mol. The number of hydrogen-bond acceptors (Lipinski definition) is 3. The third-order valence-electron chi connectivity index (χ3n) is 1.49. The van der Waals surface area contributed by atoms with Crippen molar-refractivity contribution < 1.29 is 4.39 Å². The molecule has 0 saturated carbocycles. The number of halogens is 2. The van der Waals surface area contributed by atoms with Crippen LogP contribution in [0.5, 0.6) is 0 Å². The molecule has 2 nitrogen and oxygen atoms in total. The van der Waals surface area contributed by atoms with Crippen molar-refractivity contribution in [1.29, 1.82) is 0 Å². The van der Waals surface area contributed by atoms with Gasteiger partial charge >= 0.3 is 0 Å². The van der Waals surface area contributed by atoms with Gasteiger partial charge in [-0.1, -0.05) is 11.3 Å². The predicted molar refractivity (Wildman–Crippen MR) is 58.0 cm³/mol. The van der Waals surface area contributed by atoms with Gasteiger partial charge in [-0.3, -0.25) is 0 Å². The van der Waals surface area contributed by atoms with E-state index in [0.717, 1.165) is 13.6 Å². The molecule has 0 saturated heterocycles. The lowest BCUT2D eigenvalue weighted by atomic mass is 10.2. The average Bonchev–Trinajstić information content (AvgIpc) is 2.53. The van der Waals surface area contributed by atoms with Crippen LogP contribution in [0, 0.1) is 8.83 Å². The molecule has 13 heavy (non-hydrogen) atoms. The molecular formula is C8H4FIN2S. The highest BCUT2D eigenvalue weighted by Gasteiger charge is 2.03. The Hall–Kier alpha value is -0.560. The second-order valence-corrected chi connectivity index (χ2v) is 5.10. The normalized spacial score (nSPS) is 10.3. The molecule has 5 heteroatoms. The van der Waals surface area contributed by atoms with E-state index >= 15 is 0 Å². The van der Waals surface area contributed by atoms with E-state index in [1.807, 2.05) is 0 Å². The molecule has 0 aliphatic heterocycles. The number of rotatable bonds is 1. The molecule has 0 unspecified atom stereocenters. The highest BCUT2D eigenvalue weighted by Crippen LogP contribution is 2.23. The second kappa shape index (κ2) is 3.67. The highest BCUT2D eigenvalue weighted by molar-refractivity contribution is 14.1. The van der Waals surface area contributed by atoms with Crippen molar-refractivity contribution in [3.8, 4) is 10.6 Å². The van der Waals surface area contributed by atoms with Crippen LogP contribution in [-0.4, -0.2) is 10.2 Å². The zero-order valence-electron chi connectivity index (χ0n) is 6.37. The Bertz CT molecular complexity index is 412. The van der Waals surface area contributed by atoms with Crippen LogP contribution in [0.2, 0.25) is 0 Å². The summed E-state index contributed by atoms with van der Waals surface area (Å²) >= 11 is 3.59. The summed E-state index contributed by atoms with van der Waals surface area (Å²) in [4.78, 5) is 0. The number of hydrogen-bond donors (Lipinski definition) is 0. The fourth-order valence-corrected chi connectivity index (χ4v) is 2.22. The van der Waals surface area contributed by atoms with Crippen molar-refractivity contribution in [2.24, 2.45) is 0 Å². The molecule has 0 atom stereocenters. The lowest BCUT2D eigenvalue weighted by Crippen LogP contribution is -1.77. The third kappa shape index (κ3) is 2.02. The summed E-state index contributed by atoms with van der Waals surface area (Å²) in [6, 6.07) is 6.24. The van der Waals surface area contributed by atoms with Crippen molar-refractivity contribution in [2.45, 2.75) is 0 Å². The van der Waals surface area contributed by atoms with Gasteiger partial charge in [0.25, 0.3) is 0 Å². The standard InChI is InChI=1S/C8H4FIN2S/c9-6-3-1-5(2-4-6)7-11-12-8(10)13-7/h1-4H. The van der Waals surface area contributed by atoms with E-state index in [4.69, 9.17) is 0 Å².